The third-order valence-electron chi connectivity index (χ3n) is 2.55. The van der Waals surface area contributed by atoms with Crippen molar-refractivity contribution in [1.82, 2.24) is 15.3 Å². The van der Waals surface area contributed by atoms with Crippen molar-refractivity contribution in [3.8, 4) is 0 Å². The Balaban J connectivity index is 2.73. The first-order valence-corrected chi connectivity index (χ1v) is 6.04. The fraction of sp³-hybridized carbons (Fsp3) is 0.417. The summed E-state index contributed by atoms with van der Waals surface area (Å²) in [7, 11) is 0. The number of aromatic carboxylic acids is 1. The van der Waals surface area contributed by atoms with Crippen molar-refractivity contribution in [1.29, 1.82) is 0 Å². The molecule has 0 saturated heterocycles. The number of rotatable bonds is 7. The van der Waals surface area contributed by atoms with Gasteiger partial charge < -0.3 is 15.5 Å². The highest BCUT2D eigenvalue weighted by molar-refractivity contribution is 5.95. The van der Waals surface area contributed by atoms with E-state index in [-0.39, 0.29) is 11.4 Å². The van der Waals surface area contributed by atoms with Crippen LogP contribution in [0.4, 0.5) is 0 Å². The van der Waals surface area contributed by atoms with E-state index in [9.17, 15) is 14.4 Å². The lowest BCUT2D eigenvalue weighted by atomic mass is 10.1. The van der Waals surface area contributed by atoms with Gasteiger partial charge in [-0.2, -0.15) is 0 Å². The molecule has 0 aromatic carbocycles. The van der Waals surface area contributed by atoms with Gasteiger partial charge in [-0.15, -0.1) is 0 Å². The van der Waals surface area contributed by atoms with E-state index in [2.05, 4.69) is 15.3 Å². The zero-order valence-electron chi connectivity index (χ0n) is 10.9. The second-order valence-electron chi connectivity index (χ2n) is 4.10. The summed E-state index contributed by atoms with van der Waals surface area (Å²) in [5, 5.41) is 20.0. The Morgan fingerprint density at radius 3 is 2.25 bits per heavy atom. The topological polar surface area (TPSA) is 129 Å². The number of aromatic nitrogens is 2. The van der Waals surface area contributed by atoms with Gasteiger partial charge in [0.2, 0.25) is 0 Å². The Morgan fingerprint density at radius 2 is 1.80 bits per heavy atom. The van der Waals surface area contributed by atoms with E-state index in [1.54, 1.807) is 0 Å². The highest BCUT2D eigenvalue weighted by Gasteiger charge is 2.21. The van der Waals surface area contributed by atoms with Gasteiger partial charge >= 0.3 is 11.9 Å². The van der Waals surface area contributed by atoms with Crippen molar-refractivity contribution in [2.24, 2.45) is 0 Å². The largest absolute Gasteiger partial charge is 0.480 e. The fourth-order valence-corrected chi connectivity index (χ4v) is 1.45. The number of nitrogens with one attached hydrogen (secondary N) is 1. The van der Waals surface area contributed by atoms with Crippen molar-refractivity contribution < 1.29 is 24.6 Å². The predicted octanol–water partition coefficient (Wildman–Crippen LogP) is 0.548. The van der Waals surface area contributed by atoms with Gasteiger partial charge in [0.1, 0.15) is 11.7 Å². The Kier molecular flexibility index (Phi) is 5.57. The highest BCUT2D eigenvalue weighted by Crippen LogP contribution is 2.03. The van der Waals surface area contributed by atoms with Crippen molar-refractivity contribution in [3.05, 3.63) is 23.8 Å². The number of carbonyl (C=O) groups is 3. The summed E-state index contributed by atoms with van der Waals surface area (Å²) < 4.78 is 0. The first-order valence-electron chi connectivity index (χ1n) is 6.04. The summed E-state index contributed by atoms with van der Waals surface area (Å²) >= 11 is 0. The van der Waals surface area contributed by atoms with Crippen LogP contribution < -0.4 is 5.32 Å². The van der Waals surface area contributed by atoms with Crippen LogP contribution in [-0.2, 0) is 4.79 Å². The van der Waals surface area contributed by atoms with E-state index in [0.717, 1.165) is 18.8 Å². The second-order valence-corrected chi connectivity index (χ2v) is 4.10. The van der Waals surface area contributed by atoms with Gasteiger partial charge in [-0.25, -0.2) is 19.6 Å². The second kappa shape index (κ2) is 7.17. The molecule has 0 spiro atoms. The average Bonchev–Trinajstić information content (AvgIpc) is 2.42. The lowest BCUT2D eigenvalue weighted by Gasteiger charge is -2.13. The molecule has 8 nitrogen and oxygen atoms in total. The Morgan fingerprint density at radius 1 is 1.20 bits per heavy atom. The third-order valence-corrected chi connectivity index (χ3v) is 2.55. The summed E-state index contributed by atoms with van der Waals surface area (Å²) in [6.07, 6.45) is 3.74. The summed E-state index contributed by atoms with van der Waals surface area (Å²) in [4.78, 5) is 40.5. The zero-order chi connectivity index (χ0) is 15.1. The molecule has 20 heavy (non-hydrogen) atoms. The molecule has 0 saturated carbocycles. The summed E-state index contributed by atoms with van der Waals surface area (Å²) in [5.41, 5.74) is -0.417. The van der Waals surface area contributed by atoms with Crippen LogP contribution in [0, 0.1) is 0 Å². The molecule has 0 bridgehead atoms. The molecule has 0 fully saturated rings. The maximum absolute atomic E-state index is 11.8. The maximum Gasteiger partial charge on any atom is 0.356 e. The molecule has 0 aliphatic heterocycles. The normalized spacial score (nSPS) is 11.7. The molecule has 0 unspecified atom stereocenters. The van der Waals surface area contributed by atoms with Gasteiger partial charge in [-0.1, -0.05) is 19.8 Å². The van der Waals surface area contributed by atoms with Crippen LogP contribution in [0.1, 0.15) is 47.2 Å². The molecule has 108 valence electrons. The minimum atomic E-state index is -1.25. The molecule has 1 aromatic heterocycles. The molecular weight excluding hydrogens is 266 g/mol. The molecule has 0 aliphatic carbocycles. The number of carboxylic acid groups (broad SMARTS) is 2. The molecule has 1 atom stereocenters. The number of nitrogens with zero attached hydrogens (tertiary/aromatic N) is 2. The molecule has 1 rings (SSSR count). The SMILES string of the molecule is CCCC[C@H](NC(=O)c1cnc(C(=O)O)cn1)C(=O)O. The van der Waals surface area contributed by atoms with Crippen LogP contribution in [0.5, 0.6) is 0 Å². The average molecular weight is 281 g/mol. The van der Waals surface area contributed by atoms with E-state index in [0.29, 0.717) is 12.8 Å². The lowest BCUT2D eigenvalue weighted by Crippen LogP contribution is -2.41. The molecule has 8 heteroatoms. The first-order chi connectivity index (χ1) is 9.45. The number of amides is 1. The Bertz CT molecular complexity index is 500. The van der Waals surface area contributed by atoms with Gasteiger partial charge in [0.05, 0.1) is 12.4 Å². The quantitative estimate of drug-likeness (QED) is 0.665. The highest BCUT2D eigenvalue weighted by atomic mass is 16.4. The molecule has 0 radical (unpaired) electrons. The van der Waals surface area contributed by atoms with Gasteiger partial charge in [0.15, 0.2) is 5.69 Å². The zero-order valence-corrected chi connectivity index (χ0v) is 10.9. The predicted molar refractivity (Wildman–Crippen MR) is 67.4 cm³/mol. The fourth-order valence-electron chi connectivity index (χ4n) is 1.45. The van der Waals surface area contributed by atoms with Gasteiger partial charge in [-0.3, -0.25) is 4.79 Å². The van der Waals surface area contributed by atoms with Crippen LogP contribution >= 0.6 is 0 Å². The van der Waals surface area contributed by atoms with Crippen molar-refractivity contribution in [2.75, 3.05) is 0 Å². The lowest BCUT2D eigenvalue weighted by molar-refractivity contribution is -0.139. The monoisotopic (exact) mass is 281 g/mol. The van der Waals surface area contributed by atoms with Gasteiger partial charge in [0.25, 0.3) is 5.91 Å². The van der Waals surface area contributed by atoms with Crippen LogP contribution in [0.25, 0.3) is 0 Å². The molecule has 1 amide bonds. The number of hydrogen-bond acceptors (Lipinski definition) is 5. The van der Waals surface area contributed by atoms with E-state index < -0.39 is 23.9 Å². The molecule has 0 aliphatic rings. The first kappa shape index (κ1) is 15.5. The Hall–Kier alpha value is -2.51. The Labute approximate surface area is 114 Å². The summed E-state index contributed by atoms with van der Waals surface area (Å²) in [6.45, 7) is 1.91. The number of hydrogen-bond donors (Lipinski definition) is 3. The van der Waals surface area contributed by atoms with Gasteiger partial charge in [0, 0.05) is 0 Å². The summed E-state index contributed by atoms with van der Waals surface area (Å²) in [6, 6.07) is -0.997. The van der Waals surface area contributed by atoms with Crippen LogP contribution in [0.3, 0.4) is 0 Å². The van der Waals surface area contributed by atoms with E-state index in [4.69, 9.17) is 10.2 Å². The van der Waals surface area contributed by atoms with Crippen LogP contribution in [-0.4, -0.2) is 44.1 Å². The van der Waals surface area contributed by atoms with Crippen molar-refractivity contribution in [2.45, 2.75) is 32.2 Å². The van der Waals surface area contributed by atoms with Gasteiger partial charge in [-0.05, 0) is 6.42 Å². The minimum Gasteiger partial charge on any atom is -0.480 e. The molecule has 3 N–H and O–H groups in total. The van der Waals surface area contributed by atoms with Crippen molar-refractivity contribution in [3.63, 3.8) is 0 Å². The number of carbonyl (C=O) groups excluding carboxylic acids is 1. The standard InChI is InChI=1S/C12H15N3O5/c1-2-3-4-7(11(17)18)15-10(16)8-5-14-9(6-13-8)12(19)20/h5-7H,2-4H2,1H3,(H,15,16)(H,17,18)(H,19,20)/t7-/m0/s1. The van der Waals surface area contributed by atoms with E-state index >= 15 is 0 Å². The number of aliphatic carboxylic acids is 1. The van der Waals surface area contributed by atoms with E-state index in [1.165, 1.54) is 0 Å². The van der Waals surface area contributed by atoms with Crippen LogP contribution in [0.2, 0.25) is 0 Å². The maximum atomic E-state index is 11.8. The number of unbranched alkanes of at least 4 members (excludes halogenated alkanes) is 1. The molecule has 1 aromatic rings. The smallest absolute Gasteiger partial charge is 0.356 e. The number of carboxylic acids is 2. The van der Waals surface area contributed by atoms with E-state index in [1.807, 2.05) is 6.92 Å². The minimum absolute atomic E-state index is 0.127. The third kappa shape index (κ3) is 4.30. The van der Waals surface area contributed by atoms with Crippen LogP contribution in [0.15, 0.2) is 12.4 Å². The van der Waals surface area contributed by atoms with Crippen molar-refractivity contribution >= 4 is 17.8 Å². The summed E-state index contributed by atoms with van der Waals surface area (Å²) in [5.74, 6) is -3.07. The molecular formula is C12H15N3O5. The molecule has 1 heterocycles.